The fourth-order valence-corrected chi connectivity index (χ4v) is 7.36. The van der Waals surface area contributed by atoms with Crippen LogP contribution in [0.15, 0.2) is 48.5 Å². The predicted molar refractivity (Wildman–Crippen MR) is 100 cm³/mol. The van der Waals surface area contributed by atoms with Crippen molar-refractivity contribution in [3.05, 3.63) is 48.5 Å². The molecule has 7 rings (SSSR count). The zero-order chi connectivity index (χ0) is 15.9. The van der Waals surface area contributed by atoms with Crippen LogP contribution >= 0.6 is 0 Å². The van der Waals surface area contributed by atoms with Crippen molar-refractivity contribution in [3.63, 3.8) is 0 Å². The van der Waals surface area contributed by atoms with Gasteiger partial charge in [0.1, 0.15) is 0 Å². The van der Waals surface area contributed by atoms with Crippen LogP contribution in [0.1, 0.15) is 45.4 Å². The first-order chi connectivity index (χ1) is 11.7. The van der Waals surface area contributed by atoms with E-state index in [2.05, 4.69) is 60.0 Å². The van der Waals surface area contributed by atoms with Crippen LogP contribution in [0, 0.1) is 17.3 Å². The summed E-state index contributed by atoms with van der Waals surface area (Å²) in [6.07, 6.45) is 8.64. The molecule has 1 heterocycles. The molecule has 0 saturated heterocycles. The lowest BCUT2D eigenvalue weighted by Crippen LogP contribution is -2.55. The molecule has 4 aliphatic rings. The molecule has 4 fully saturated rings. The minimum Gasteiger partial charge on any atom is -0.334 e. The lowest BCUT2D eigenvalue weighted by Gasteiger charge is -2.62. The van der Waals surface area contributed by atoms with E-state index in [-0.39, 0.29) is 0 Å². The Hall–Kier alpha value is -1.76. The van der Waals surface area contributed by atoms with Gasteiger partial charge >= 0.3 is 0 Å². The van der Waals surface area contributed by atoms with E-state index in [9.17, 15) is 0 Å². The van der Waals surface area contributed by atoms with Gasteiger partial charge in [-0.05, 0) is 67.9 Å². The van der Waals surface area contributed by atoms with Crippen LogP contribution in [-0.4, -0.2) is 4.57 Å². The van der Waals surface area contributed by atoms with Crippen LogP contribution in [0.2, 0.25) is 0 Å². The number of hydrogen-bond acceptors (Lipinski definition) is 0. The SMILES string of the molecule is CC12CC3CC(C1)CC(n1c4ccccc4c4ccccc41)(C3)C2. The molecule has 4 bridgehead atoms. The Bertz CT molecular complexity index is 895. The summed E-state index contributed by atoms with van der Waals surface area (Å²) in [5, 5.41) is 2.88. The van der Waals surface area contributed by atoms with Crippen molar-refractivity contribution in [1.29, 1.82) is 0 Å². The third kappa shape index (κ3) is 1.61. The molecule has 3 aromatic rings. The molecule has 4 saturated carbocycles. The normalized spacial score (nSPS) is 37.5. The molecule has 1 nitrogen and oxygen atoms in total. The number of aromatic nitrogens is 1. The Balaban J connectivity index is 1.69. The molecule has 2 aromatic carbocycles. The predicted octanol–water partition coefficient (Wildman–Crippen LogP) is 6.11. The van der Waals surface area contributed by atoms with Gasteiger partial charge in [-0.3, -0.25) is 0 Å². The number of benzene rings is 2. The maximum Gasteiger partial charge on any atom is 0.0496 e. The zero-order valence-electron chi connectivity index (χ0n) is 14.5. The molecule has 0 radical (unpaired) electrons. The van der Waals surface area contributed by atoms with Gasteiger partial charge in [0.2, 0.25) is 0 Å². The summed E-state index contributed by atoms with van der Waals surface area (Å²) in [5.74, 6) is 1.91. The lowest BCUT2D eigenvalue weighted by atomic mass is 9.47. The summed E-state index contributed by atoms with van der Waals surface area (Å²) >= 11 is 0. The molecule has 24 heavy (non-hydrogen) atoms. The van der Waals surface area contributed by atoms with Gasteiger partial charge in [-0.2, -0.15) is 0 Å². The average Bonchev–Trinajstić information content (AvgIpc) is 2.87. The minimum atomic E-state index is 0.363. The van der Waals surface area contributed by atoms with Gasteiger partial charge in [0.05, 0.1) is 0 Å². The van der Waals surface area contributed by atoms with E-state index in [1.54, 1.807) is 0 Å². The second-order valence-electron chi connectivity index (χ2n) is 9.37. The topological polar surface area (TPSA) is 4.93 Å². The monoisotopic (exact) mass is 315 g/mol. The van der Waals surface area contributed by atoms with Crippen LogP contribution in [0.3, 0.4) is 0 Å². The first-order valence-electron chi connectivity index (χ1n) is 9.65. The van der Waals surface area contributed by atoms with Crippen LogP contribution in [-0.2, 0) is 5.54 Å². The van der Waals surface area contributed by atoms with Crippen LogP contribution in [0.4, 0.5) is 0 Å². The molecular formula is C23H25N. The summed E-state index contributed by atoms with van der Waals surface area (Å²) < 4.78 is 2.79. The largest absolute Gasteiger partial charge is 0.334 e. The molecule has 0 N–H and O–H groups in total. The smallest absolute Gasteiger partial charge is 0.0496 e. The molecular weight excluding hydrogens is 290 g/mol. The summed E-state index contributed by atoms with van der Waals surface area (Å²) in [4.78, 5) is 0. The molecule has 0 aliphatic heterocycles. The third-order valence-electron chi connectivity index (χ3n) is 7.38. The summed E-state index contributed by atoms with van der Waals surface area (Å²) in [7, 11) is 0. The maximum absolute atomic E-state index is 2.79. The van der Waals surface area contributed by atoms with Gasteiger partial charge in [-0.15, -0.1) is 0 Å². The molecule has 4 aliphatic carbocycles. The van der Waals surface area contributed by atoms with Crippen molar-refractivity contribution in [1.82, 2.24) is 4.57 Å². The van der Waals surface area contributed by atoms with Crippen molar-refractivity contribution in [2.24, 2.45) is 17.3 Å². The van der Waals surface area contributed by atoms with E-state index in [0.29, 0.717) is 11.0 Å². The van der Waals surface area contributed by atoms with E-state index >= 15 is 0 Å². The Kier molecular flexibility index (Phi) is 2.40. The summed E-state index contributed by atoms with van der Waals surface area (Å²) in [6.45, 7) is 2.58. The van der Waals surface area contributed by atoms with Crippen molar-refractivity contribution in [2.45, 2.75) is 51.0 Å². The van der Waals surface area contributed by atoms with Crippen LogP contribution in [0.5, 0.6) is 0 Å². The van der Waals surface area contributed by atoms with Gasteiger partial charge in [0, 0.05) is 27.3 Å². The number of para-hydroxylation sites is 2. The highest BCUT2D eigenvalue weighted by atomic mass is 15.1. The number of nitrogens with zero attached hydrogens (tertiary/aromatic N) is 1. The fraction of sp³-hybridized carbons (Fsp3) is 0.478. The maximum atomic E-state index is 2.79. The molecule has 2 unspecified atom stereocenters. The number of rotatable bonds is 1. The van der Waals surface area contributed by atoms with E-state index in [0.717, 1.165) is 11.8 Å². The first kappa shape index (κ1) is 13.5. The third-order valence-corrected chi connectivity index (χ3v) is 7.38. The lowest BCUT2D eigenvalue weighted by molar-refractivity contribution is -0.0888. The Labute approximate surface area is 143 Å². The molecule has 1 heteroatoms. The van der Waals surface area contributed by atoms with Crippen LogP contribution in [0.25, 0.3) is 21.8 Å². The van der Waals surface area contributed by atoms with Gasteiger partial charge in [0.15, 0.2) is 0 Å². The Morgan fingerprint density at radius 1 is 0.792 bits per heavy atom. The Morgan fingerprint density at radius 2 is 1.33 bits per heavy atom. The van der Waals surface area contributed by atoms with Crippen molar-refractivity contribution in [3.8, 4) is 0 Å². The zero-order valence-corrected chi connectivity index (χ0v) is 14.5. The average molecular weight is 315 g/mol. The highest BCUT2D eigenvalue weighted by Gasteiger charge is 2.57. The van der Waals surface area contributed by atoms with Gasteiger partial charge < -0.3 is 4.57 Å². The van der Waals surface area contributed by atoms with E-state index in [4.69, 9.17) is 0 Å². The summed E-state index contributed by atoms with van der Waals surface area (Å²) in [6, 6.07) is 18.2. The highest BCUT2D eigenvalue weighted by Crippen LogP contribution is 2.64. The molecule has 122 valence electrons. The molecule has 1 aromatic heterocycles. The van der Waals surface area contributed by atoms with E-state index < -0.39 is 0 Å². The Morgan fingerprint density at radius 3 is 1.88 bits per heavy atom. The quantitative estimate of drug-likeness (QED) is 0.510. The second kappa shape index (κ2) is 4.25. The van der Waals surface area contributed by atoms with Gasteiger partial charge in [0.25, 0.3) is 0 Å². The molecule has 0 spiro atoms. The molecule has 2 atom stereocenters. The second-order valence-corrected chi connectivity index (χ2v) is 9.37. The highest BCUT2D eigenvalue weighted by molar-refractivity contribution is 6.08. The number of fused-ring (bicyclic) bond motifs is 3. The van der Waals surface area contributed by atoms with Gasteiger partial charge in [-0.25, -0.2) is 0 Å². The summed E-state index contributed by atoms with van der Waals surface area (Å²) in [5.41, 5.74) is 3.87. The first-order valence-corrected chi connectivity index (χ1v) is 9.65. The van der Waals surface area contributed by atoms with Crippen molar-refractivity contribution >= 4 is 21.8 Å². The van der Waals surface area contributed by atoms with Crippen molar-refractivity contribution < 1.29 is 0 Å². The number of hydrogen-bond donors (Lipinski definition) is 0. The van der Waals surface area contributed by atoms with Crippen molar-refractivity contribution in [2.75, 3.05) is 0 Å². The fourth-order valence-electron chi connectivity index (χ4n) is 7.36. The van der Waals surface area contributed by atoms with E-state index in [1.165, 1.54) is 60.3 Å². The van der Waals surface area contributed by atoms with Gasteiger partial charge in [-0.1, -0.05) is 43.3 Å². The minimum absolute atomic E-state index is 0.363. The van der Waals surface area contributed by atoms with E-state index in [1.807, 2.05) is 0 Å². The van der Waals surface area contributed by atoms with Crippen LogP contribution < -0.4 is 0 Å². The standard InChI is InChI=1S/C23H25N/c1-22-11-16-10-17(12-22)14-23(13-16,15-22)24-20-8-4-2-6-18(20)19-7-3-5-9-21(19)24/h2-9,16-17H,10-15H2,1H3. The molecule has 0 amide bonds.